The van der Waals surface area contributed by atoms with Gasteiger partial charge in [0, 0.05) is 6.07 Å². The Morgan fingerprint density at radius 3 is 2.94 bits per heavy atom. The molecule has 5 heteroatoms. The Bertz CT molecular complexity index is 556. The number of nitrogens with one attached hydrogen (secondary N) is 1. The van der Waals surface area contributed by atoms with Crippen LogP contribution < -0.4 is 10.4 Å². The summed E-state index contributed by atoms with van der Waals surface area (Å²) in [6.45, 7) is 1.72. The number of ether oxygens (including phenoxy) is 1. The second kappa shape index (κ2) is 4.02. The molecule has 5 nitrogen and oxygen atoms in total. The maximum absolute atomic E-state index is 11.7. The molecule has 1 atom stereocenters. The largest absolute Gasteiger partial charge is 0.497 e. The smallest absolute Gasteiger partial charge is 0.326 e. The number of benzene rings is 1. The average molecular weight is 222 g/mol. The summed E-state index contributed by atoms with van der Waals surface area (Å²) in [6.07, 6.45) is 0. The molecule has 16 heavy (non-hydrogen) atoms. The molecule has 1 heterocycles. The van der Waals surface area contributed by atoms with Crippen molar-refractivity contribution in [3.63, 3.8) is 0 Å². The van der Waals surface area contributed by atoms with Gasteiger partial charge >= 0.3 is 5.69 Å². The van der Waals surface area contributed by atoms with Crippen molar-refractivity contribution in [3.8, 4) is 5.75 Å². The summed E-state index contributed by atoms with van der Waals surface area (Å²) < 4.78 is 6.61. The monoisotopic (exact) mass is 222 g/mol. The minimum absolute atomic E-state index is 0.0705. The number of aliphatic hydroxyl groups excluding tert-OH is 1. The number of hydrogen-bond donors (Lipinski definition) is 2. The second-order valence-corrected chi connectivity index (χ2v) is 3.71. The number of hydrogen-bond acceptors (Lipinski definition) is 3. The van der Waals surface area contributed by atoms with Crippen LogP contribution in [0.5, 0.6) is 5.75 Å². The molecule has 1 unspecified atom stereocenters. The summed E-state index contributed by atoms with van der Waals surface area (Å²) in [5.74, 6) is 0.692. The van der Waals surface area contributed by atoms with Crippen LogP contribution in [0.15, 0.2) is 23.0 Å². The highest BCUT2D eigenvalue weighted by molar-refractivity contribution is 5.77. The molecule has 1 aromatic carbocycles. The number of aromatic nitrogens is 2. The Morgan fingerprint density at radius 1 is 1.56 bits per heavy atom. The average Bonchev–Trinajstić information content (AvgIpc) is 2.62. The van der Waals surface area contributed by atoms with Crippen molar-refractivity contribution in [2.24, 2.45) is 0 Å². The SMILES string of the molecule is COc1ccc2c(c1)[nH]c(=O)n2C(C)CO. The molecule has 0 amide bonds. The fourth-order valence-electron chi connectivity index (χ4n) is 1.76. The zero-order chi connectivity index (χ0) is 11.7. The number of aromatic amines is 1. The molecule has 0 aliphatic carbocycles. The van der Waals surface area contributed by atoms with Gasteiger partial charge in [-0.25, -0.2) is 4.79 Å². The lowest BCUT2D eigenvalue weighted by Gasteiger charge is -2.09. The lowest BCUT2D eigenvalue weighted by atomic mass is 10.2. The van der Waals surface area contributed by atoms with Crippen LogP contribution in [-0.2, 0) is 0 Å². The van der Waals surface area contributed by atoms with E-state index in [2.05, 4.69) is 4.98 Å². The van der Waals surface area contributed by atoms with Gasteiger partial charge in [0.05, 0.1) is 30.8 Å². The predicted molar refractivity (Wildman–Crippen MR) is 60.9 cm³/mol. The van der Waals surface area contributed by atoms with Crippen molar-refractivity contribution in [1.82, 2.24) is 9.55 Å². The third-order valence-corrected chi connectivity index (χ3v) is 2.63. The van der Waals surface area contributed by atoms with Gasteiger partial charge in [-0.1, -0.05) is 0 Å². The first kappa shape index (κ1) is 10.8. The third-order valence-electron chi connectivity index (χ3n) is 2.63. The van der Waals surface area contributed by atoms with Crippen LogP contribution in [0.3, 0.4) is 0 Å². The fourth-order valence-corrected chi connectivity index (χ4v) is 1.76. The minimum Gasteiger partial charge on any atom is -0.497 e. The van der Waals surface area contributed by atoms with Gasteiger partial charge in [0.2, 0.25) is 0 Å². The summed E-state index contributed by atoms with van der Waals surface area (Å²) in [4.78, 5) is 14.4. The number of nitrogens with zero attached hydrogens (tertiary/aromatic N) is 1. The van der Waals surface area contributed by atoms with Crippen molar-refractivity contribution in [1.29, 1.82) is 0 Å². The van der Waals surface area contributed by atoms with Crippen LogP contribution in [0.4, 0.5) is 0 Å². The summed E-state index contributed by atoms with van der Waals surface area (Å²) in [5, 5.41) is 9.09. The number of H-pyrrole nitrogens is 1. The molecule has 86 valence electrons. The van der Waals surface area contributed by atoms with E-state index in [1.54, 1.807) is 32.2 Å². The summed E-state index contributed by atoms with van der Waals surface area (Å²) >= 11 is 0. The summed E-state index contributed by atoms with van der Waals surface area (Å²) in [7, 11) is 1.58. The predicted octanol–water partition coefficient (Wildman–Crippen LogP) is 0.891. The quantitative estimate of drug-likeness (QED) is 0.810. The summed E-state index contributed by atoms with van der Waals surface area (Å²) in [6, 6.07) is 5.11. The molecule has 0 radical (unpaired) electrons. The van der Waals surface area contributed by atoms with E-state index in [0.29, 0.717) is 11.3 Å². The fraction of sp³-hybridized carbons (Fsp3) is 0.364. The Labute approximate surface area is 92.3 Å². The molecule has 2 aromatic rings. The van der Waals surface area contributed by atoms with Gasteiger partial charge in [-0.05, 0) is 19.1 Å². The Kier molecular flexibility index (Phi) is 2.70. The zero-order valence-electron chi connectivity index (χ0n) is 9.23. The van der Waals surface area contributed by atoms with E-state index in [4.69, 9.17) is 9.84 Å². The van der Waals surface area contributed by atoms with Gasteiger partial charge in [0.15, 0.2) is 0 Å². The van der Waals surface area contributed by atoms with Gasteiger partial charge in [0.1, 0.15) is 5.75 Å². The molecule has 0 bridgehead atoms. The van der Waals surface area contributed by atoms with Crippen molar-refractivity contribution < 1.29 is 9.84 Å². The minimum atomic E-state index is -0.241. The first-order chi connectivity index (χ1) is 7.67. The molecule has 2 rings (SSSR count). The van der Waals surface area contributed by atoms with Gasteiger partial charge in [-0.3, -0.25) is 4.57 Å². The maximum atomic E-state index is 11.7. The molecule has 0 fully saturated rings. The summed E-state index contributed by atoms with van der Waals surface area (Å²) in [5.41, 5.74) is 1.27. The molecular weight excluding hydrogens is 208 g/mol. The van der Waals surface area contributed by atoms with Crippen LogP contribution in [-0.4, -0.2) is 28.4 Å². The van der Waals surface area contributed by atoms with Crippen molar-refractivity contribution in [2.45, 2.75) is 13.0 Å². The van der Waals surface area contributed by atoms with E-state index in [1.807, 2.05) is 0 Å². The van der Waals surface area contributed by atoms with Crippen molar-refractivity contribution in [3.05, 3.63) is 28.7 Å². The number of fused-ring (bicyclic) bond motifs is 1. The number of methoxy groups -OCH3 is 1. The van der Waals surface area contributed by atoms with Crippen LogP contribution in [0.2, 0.25) is 0 Å². The van der Waals surface area contributed by atoms with E-state index >= 15 is 0 Å². The molecule has 0 spiro atoms. The maximum Gasteiger partial charge on any atom is 0.326 e. The Balaban J connectivity index is 2.67. The normalized spacial score (nSPS) is 12.9. The number of imidazole rings is 1. The van der Waals surface area contributed by atoms with E-state index < -0.39 is 0 Å². The standard InChI is InChI=1S/C11H14N2O3/c1-7(6-14)13-10-4-3-8(16-2)5-9(10)12-11(13)15/h3-5,7,14H,6H2,1-2H3,(H,12,15). The Morgan fingerprint density at radius 2 is 2.31 bits per heavy atom. The molecule has 0 saturated carbocycles. The van der Waals surface area contributed by atoms with Crippen LogP contribution in [0.25, 0.3) is 11.0 Å². The lowest BCUT2D eigenvalue weighted by Crippen LogP contribution is -2.22. The molecule has 0 aliphatic heterocycles. The number of rotatable bonds is 3. The highest BCUT2D eigenvalue weighted by Gasteiger charge is 2.12. The van der Waals surface area contributed by atoms with E-state index in [1.165, 1.54) is 4.57 Å². The third kappa shape index (κ3) is 1.59. The zero-order valence-corrected chi connectivity index (χ0v) is 9.23. The van der Waals surface area contributed by atoms with Crippen LogP contribution >= 0.6 is 0 Å². The van der Waals surface area contributed by atoms with E-state index in [0.717, 1.165) is 5.52 Å². The number of aliphatic hydroxyl groups is 1. The van der Waals surface area contributed by atoms with Gasteiger partial charge < -0.3 is 14.8 Å². The first-order valence-electron chi connectivity index (χ1n) is 5.06. The van der Waals surface area contributed by atoms with E-state index in [-0.39, 0.29) is 18.3 Å². The molecule has 2 N–H and O–H groups in total. The molecular formula is C11H14N2O3. The van der Waals surface area contributed by atoms with Crippen molar-refractivity contribution >= 4 is 11.0 Å². The molecule has 1 aromatic heterocycles. The van der Waals surface area contributed by atoms with E-state index in [9.17, 15) is 4.79 Å². The van der Waals surface area contributed by atoms with Gasteiger partial charge in [0.25, 0.3) is 0 Å². The lowest BCUT2D eigenvalue weighted by molar-refractivity contribution is 0.239. The topological polar surface area (TPSA) is 67.2 Å². The highest BCUT2D eigenvalue weighted by atomic mass is 16.5. The van der Waals surface area contributed by atoms with Crippen LogP contribution in [0, 0.1) is 0 Å². The van der Waals surface area contributed by atoms with Crippen molar-refractivity contribution in [2.75, 3.05) is 13.7 Å². The highest BCUT2D eigenvalue weighted by Crippen LogP contribution is 2.20. The molecule has 0 saturated heterocycles. The molecule has 0 aliphatic rings. The second-order valence-electron chi connectivity index (χ2n) is 3.71. The van der Waals surface area contributed by atoms with Crippen LogP contribution in [0.1, 0.15) is 13.0 Å². The first-order valence-corrected chi connectivity index (χ1v) is 5.06. The van der Waals surface area contributed by atoms with Gasteiger partial charge in [-0.2, -0.15) is 0 Å². The van der Waals surface area contributed by atoms with Gasteiger partial charge in [-0.15, -0.1) is 0 Å². The Hall–Kier alpha value is -1.75.